The summed E-state index contributed by atoms with van der Waals surface area (Å²) in [6.45, 7) is 14.5. The van der Waals surface area contributed by atoms with Crippen LogP contribution in [0, 0.1) is 22.7 Å². The second-order valence-electron chi connectivity index (χ2n) is 5.48. The molecule has 0 nitrogen and oxygen atoms in total. The average molecular weight is 182 g/mol. The summed E-state index contributed by atoms with van der Waals surface area (Å²) in [5.74, 6) is 1.81. The molecule has 0 N–H and O–H groups in total. The molecule has 1 saturated carbocycles. The lowest BCUT2D eigenvalue weighted by molar-refractivity contribution is 0.254. The summed E-state index contributed by atoms with van der Waals surface area (Å²) in [5, 5.41) is 0. The van der Waals surface area contributed by atoms with Gasteiger partial charge in [-0.05, 0) is 29.1 Å². The second-order valence-corrected chi connectivity index (χ2v) is 5.48. The lowest BCUT2D eigenvalue weighted by atomic mass is 9.81. The van der Waals surface area contributed by atoms with Crippen LogP contribution >= 0.6 is 0 Å². The molecule has 0 saturated heterocycles. The molecule has 1 aliphatic carbocycles. The molecule has 13 heavy (non-hydrogen) atoms. The van der Waals surface area contributed by atoms with Crippen molar-refractivity contribution in [1.29, 1.82) is 0 Å². The van der Waals surface area contributed by atoms with Gasteiger partial charge in [0, 0.05) is 0 Å². The largest absolute Gasteiger partial charge is 0.0654 e. The zero-order valence-electron chi connectivity index (χ0n) is 10.3. The number of hydrogen-bond donors (Lipinski definition) is 0. The maximum absolute atomic E-state index is 2.50. The van der Waals surface area contributed by atoms with E-state index in [-0.39, 0.29) is 0 Å². The molecule has 4 unspecified atom stereocenters. The summed E-state index contributed by atoms with van der Waals surface area (Å²) in [6, 6.07) is 0. The van der Waals surface area contributed by atoms with E-state index in [1.807, 2.05) is 0 Å². The van der Waals surface area contributed by atoms with Gasteiger partial charge in [-0.2, -0.15) is 0 Å². The number of rotatable bonds is 4. The van der Waals surface area contributed by atoms with E-state index in [0.29, 0.717) is 10.8 Å². The normalized spacial score (nSPS) is 46.2. The molecule has 0 radical (unpaired) electrons. The van der Waals surface area contributed by atoms with Gasteiger partial charge in [-0.1, -0.05) is 54.4 Å². The van der Waals surface area contributed by atoms with Crippen molar-refractivity contribution in [3.05, 3.63) is 0 Å². The highest BCUT2D eigenvalue weighted by Gasteiger charge is 2.68. The fourth-order valence-corrected chi connectivity index (χ4v) is 3.60. The Labute approximate surface area is 84.1 Å². The topological polar surface area (TPSA) is 0 Å². The van der Waals surface area contributed by atoms with Gasteiger partial charge >= 0.3 is 0 Å². The molecule has 0 aromatic carbocycles. The van der Waals surface area contributed by atoms with Crippen molar-refractivity contribution in [3.63, 3.8) is 0 Å². The molecule has 1 rings (SSSR count). The molecule has 0 aliphatic heterocycles. The van der Waals surface area contributed by atoms with Crippen LogP contribution in [0.2, 0.25) is 0 Å². The van der Waals surface area contributed by atoms with Crippen molar-refractivity contribution in [2.75, 3.05) is 0 Å². The van der Waals surface area contributed by atoms with Gasteiger partial charge in [0.05, 0.1) is 0 Å². The zero-order chi connectivity index (χ0) is 10.3. The summed E-state index contributed by atoms with van der Waals surface area (Å²) in [5.41, 5.74) is 1.26. The van der Waals surface area contributed by atoms with Crippen LogP contribution in [-0.4, -0.2) is 0 Å². The third-order valence-electron chi connectivity index (χ3n) is 5.41. The van der Waals surface area contributed by atoms with Crippen molar-refractivity contribution >= 4 is 0 Å². The molecule has 78 valence electrons. The Morgan fingerprint density at radius 1 is 1.23 bits per heavy atom. The Kier molecular flexibility index (Phi) is 2.81. The quantitative estimate of drug-likeness (QED) is 0.600. The fraction of sp³-hybridized carbons (Fsp3) is 1.00. The summed E-state index contributed by atoms with van der Waals surface area (Å²) < 4.78 is 0. The number of hydrogen-bond acceptors (Lipinski definition) is 0. The van der Waals surface area contributed by atoms with E-state index in [9.17, 15) is 0 Å². The van der Waals surface area contributed by atoms with Crippen molar-refractivity contribution in [2.45, 2.75) is 60.8 Å². The van der Waals surface area contributed by atoms with Crippen molar-refractivity contribution in [2.24, 2.45) is 22.7 Å². The molecule has 4 atom stereocenters. The first-order valence-electron chi connectivity index (χ1n) is 5.95. The van der Waals surface area contributed by atoms with E-state index < -0.39 is 0 Å². The van der Waals surface area contributed by atoms with Gasteiger partial charge < -0.3 is 0 Å². The van der Waals surface area contributed by atoms with Gasteiger partial charge in [-0.3, -0.25) is 0 Å². The smallest absolute Gasteiger partial charge is 0.0213 e. The predicted molar refractivity (Wildman–Crippen MR) is 59.7 cm³/mol. The third kappa shape index (κ3) is 1.25. The lowest BCUT2D eigenvalue weighted by Crippen LogP contribution is -2.16. The van der Waals surface area contributed by atoms with E-state index >= 15 is 0 Å². The second kappa shape index (κ2) is 3.29. The molecule has 0 aromatic heterocycles. The first-order valence-corrected chi connectivity index (χ1v) is 5.95. The molecule has 0 aromatic rings. The predicted octanol–water partition coefficient (Wildman–Crippen LogP) is 4.49. The molecule has 0 spiro atoms. The Morgan fingerprint density at radius 2 is 1.77 bits per heavy atom. The summed E-state index contributed by atoms with van der Waals surface area (Å²) in [7, 11) is 0. The lowest BCUT2D eigenvalue weighted by Gasteiger charge is -2.24. The highest BCUT2D eigenvalue weighted by atomic mass is 14.7. The van der Waals surface area contributed by atoms with E-state index in [0.717, 1.165) is 11.8 Å². The van der Waals surface area contributed by atoms with Crippen LogP contribution in [0.5, 0.6) is 0 Å². The van der Waals surface area contributed by atoms with Gasteiger partial charge in [0.15, 0.2) is 0 Å². The van der Waals surface area contributed by atoms with Crippen LogP contribution < -0.4 is 0 Å². The van der Waals surface area contributed by atoms with Crippen molar-refractivity contribution in [3.8, 4) is 0 Å². The third-order valence-corrected chi connectivity index (χ3v) is 5.41. The molecule has 0 heterocycles. The highest BCUT2D eigenvalue weighted by molar-refractivity contribution is 5.16. The molecular weight excluding hydrogens is 156 g/mol. The SMILES string of the molecule is CCCC1(C)C(C)C1(C)C(C)CC. The average Bonchev–Trinajstić information content (AvgIpc) is 2.53. The Bertz CT molecular complexity index is 184. The van der Waals surface area contributed by atoms with E-state index in [1.165, 1.54) is 19.3 Å². The minimum atomic E-state index is 0.623. The molecule has 0 amide bonds. The maximum atomic E-state index is 2.50. The maximum Gasteiger partial charge on any atom is -0.0213 e. The molecular formula is C13H26. The van der Waals surface area contributed by atoms with Crippen LogP contribution in [0.4, 0.5) is 0 Å². The van der Waals surface area contributed by atoms with Gasteiger partial charge in [0.25, 0.3) is 0 Å². The van der Waals surface area contributed by atoms with E-state index in [2.05, 4.69) is 41.5 Å². The fourth-order valence-electron chi connectivity index (χ4n) is 3.60. The molecule has 1 fully saturated rings. The van der Waals surface area contributed by atoms with Gasteiger partial charge in [0.1, 0.15) is 0 Å². The van der Waals surface area contributed by atoms with Gasteiger partial charge in [-0.25, -0.2) is 0 Å². The monoisotopic (exact) mass is 182 g/mol. The Balaban J connectivity index is 2.73. The highest BCUT2D eigenvalue weighted by Crippen LogP contribution is 2.74. The van der Waals surface area contributed by atoms with E-state index in [4.69, 9.17) is 0 Å². The zero-order valence-corrected chi connectivity index (χ0v) is 10.3. The van der Waals surface area contributed by atoms with Crippen molar-refractivity contribution < 1.29 is 0 Å². The summed E-state index contributed by atoms with van der Waals surface area (Å²) in [6.07, 6.45) is 4.09. The summed E-state index contributed by atoms with van der Waals surface area (Å²) in [4.78, 5) is 0. The molecule has 1 aliphatic rings. The summed E-state index contributed by atoms with van der Waals surface area (Å²) >= 11 is 0. The minimum absolute atomic E-state index is 0.623. The van der Waals surface area contributed by atoms with Crippen LogP contribution in [0.15, 0.2) is 0 Å². The Morgan fingerprint density at radius 3 is 2.15 bits per heavy atom. The minimum Gasteiger partial charge on any atom is -0.0654 e. The standard InChI is InChI=1S/C13H26/c1-7-9-12(5)11(4)13(12,6)10(3)8-2/h10-11H,7-9H2,1-6H3. The molecule has 0 heteroatoms. The molecule has 0 bridgehead atoms. The van der Waals surface area contributed by atoms with Crippen LogP contribution in [0.1, 0.15) is 60.8 Å². The Hall–Kier alpha value is 0. The van der Waals surface area contributed by atoms with E-state index in [1.54, 1.807) is 0 Å². The van der Waals surface area contributed by atoms with Crippen LogP contribution in [-0.2, 0) is 0 Å². The van der Waals surface area contributed by atoms with Crippen LogP contribution in [0.25, 0.3) is 0 Å². The first-order chi connectivity index (χ1) is 5.95. The van der Waals surface area contributed by atoms with Crippen molar-refractivity contribution in [1.82, 2.24) is 0 Å². The van der Waals surface area contributed by atoms with Crippen LogP contribution in [0.3, 0.4) is 0 Å². The first kappa shape index (κ1) is 11.1. The van der Waals surface area contributed by atoms with Gasteiger partial charge in [0.2, 0.25) is 0 Å². The van der Waals surface area contributed by atoms with Gasteiger partial charge in [-0.15, -0.1) is 0 Å².